The Morgan fingerprint density at radius 3 is 1.69 bits per heavy atom. The van der Waals surface area contributed by atoms with Gasteiger partial charge in [0.2, 0.25) is 0 Å². The van der Waals surface area contributed by atoms with Crippen molar-refractivity contribution in [2.24, 2.45) is 0 Å². The van der Waals surface area contributed by atoms with Crippen molar-refractivity contribution >= 4 is 22.7 Å². The van der Waals surface area contributed by atoms with Gasteiger partial charge in [0, 0.05) is 18.8 Å². The van der Waals surface area contributed by atoms with E-state index < -0.39 is 0 Å². The number of nitrogens with one attached hydrogen (secondary N) is 1. The Hall–Kier alpha value is -5.23. The maximum Gasteiger partial charge on any atom is 0.198 e. The van der Waals surface area contributed by atoms with E-state index in [0.29, 0.717) is 19.0 Å². The van der Waals surface area contributed by atoms with Gasteiger partial charge in [0.1, 0.15) is 23.0 Å². The number of nitrogens with two attached hydrogens (primary N) is 1. The fourth-order valence-electron chi connectivity index (χ4n) is 4.56. The first-order chi connectivity index (χ1) is 19.2. The predicted molar refractivity (Wildman–Crippen MR) is 156 cm³/mol. The van der Waals surface area contributed by atoms with Gasteiger partial charge in [-0.1, -0.05) is 60.7 Å². The van der Waals surface area contributed by atoms with Crippen LogP contribution in [-0.2, 0) is 13.1 Å². The minimum absolute atomic E-state index is 0.408. The van der Waals surface area contributed by atoms with Crippen molar-refractivity contribution in [3.8, 4) is 23.0 Å². The minimum atomic E-state index is 0.408. The lowest BCUT2D eigenvalue weighted by atomic mass is 10.1. The molecule has 0 unspecified atom stereocenters. The van der Waals surface area contributed by atoms with Crippen LogP contribution < -0.4 is 20.1 Å². The second-order valence-electron chi connectivity index (χ2n) is 9.30. The molecule has 0 saturated heterocycles. The van der Waals surface area contributed by atoms with Crippen LogP contribution in [0.25, 0.3) is 11.0 Å². The number of ether oxygens (including phenoxy) is 2. The van der Waals surface area contributed by atoms with Gasteiger partial charge in [-0.2, -0.15) is 0 Å². The van der Waals surface area contributed by atoms with Gasteiger partial charge >= 0.3 is 0 Å². The molecule has 0 amide bonds. The van der Waals surface area contributed by atoms with Crippen LogP contribution in [0, 0.1) is 0 Å². The molecule has 0 aliphatic rings. The predicted octanol–water partition coefficient (Wildman–Crippen LogP) is 7.94. The summed E-state index contributed by atoms with van der Waals surface area (Å²) >= 11 is 0. The third kappa shape index (κ3) is 6.02. The summed E-state index contributed by atoms with van der Waals surface area (Å²) in [6.07, 6.45) is 0. The Morgan fingerprint density at radius 1 is 0.590 bits per heavy atom. The molecule has 0 spiro atoms. The van der Waals surface area contributed by atoms with Gasteiger partial charge in [0.25, 0.3) is 0 Å². The standard InChI is InChI=1S/C33H28N4O2/c34-33-35-31-18-17-26(21-32(31)36-33)37(22-24-9-7-15-29(19-24)38-27-11-3-1-4-12-27)23-25-10-8-16-30(20-25)39-28-13-5-2-6-14-28/h1-21H,22-23H2,(H3,34,35,36). The lowest BCUT2D eigenvalue weighted by Gasteiger charge is -2.26. The molecule has 192 valence electrons. The molecule has 0 saturated carbocycles. The summed E-state index contributed by atoms with van der Waals surface area (Å²) in [5.74, 6) is 3.63. The number of rotatable bonds is 9. The van der Waals surface area contributed by atoms with E-state index in [4.69, 9.17) is 15.2 Å². The molecule has 6 heteroatoms. The largest absolute Gasteiger partial charge is 0.457 e. The summed E-state index contributed by atoms with van der Waals surface area (Å²) in [5, 5.41) is 0. The molecule has 0 fully saturated rings. The number of imidazole rings is 1. The highest BCUT2D eigenvalue weighted by Gasteiger charge is 2.13. The fourth-order valence-corrected chi connectivity index (χ4v) is 4.56. The third-order valence-electron chi connectivity index (χ3n) is 6.35. The number of hydrogen-bond acceptors (Lipinski definition) is 5. The molecule has 39 heavy (non-hydrogen) atoms. The Balaban J connectivity index is 1.29. The smallest absolute Gasteiger partial charge is 0.198 e. The van der Waals surface area contributed by atoms with Crippen LogP contribution >= 0.6 is 0 Å². The number of nitrogen functional groups attached to an aromatic ring is 1. The van der Waals surface area contributed by atoms with Gasteiger partial charge in [0.05, 0.1) is 11.0 Å². The van der Waals surface area contributed by atoms with Crippen molar-refractivity contribution in [2.75, 3.05) is 10.6 Å². The quantitative estimate of drug-likeness (QED) is 0.206. The molecular weight excluding hydrogens is 484 g/mol. The Bertz CT molecular complexity index is 1600. The fraction of sp³-hybridized carbons (Fsp3) is 0.0606. The first-order valence-electron chi connectivity index (χ1n) is 12.8. The zero-order valence-corrected chi connectivity index (χ0v) is 21.3. The number of anilines is 2. The van der Waals surface area contributed by atoms with E-state index in [-0.39, 0.29) is 0 Å². The van der Waals surface area contributed by atoms with E-state index in [9.17, 15) is 0 Å². The molecule has 1 aromatic heterocycles. The van der Waals surface area contributed by atoms with Crippen molar-refractivity contribution in [2.45, 2.75) is 13.1 Å². The SMILES string of the molecule is Nc1nc2ccc(N(Cc3cccc(Oc4ccccc4)c3)Cc3cccc(Oc4ccccc4)c3)cc2[nH]1. The Kier molecular flexibility index (Phi) is 6.82. The number of benzene rings is 5. The summed E-state index contributed by atoms with van der Waals surface area (Å²) in [7, 11) is 0. The number of hydrogen-bond donors (Lipinski definition) is 2. The lowest BCUT2D eigenvalue weighted by Crippen LogP contribution is -2.22. The molecular formula is C33H28N4O2. The summed E-state index contributed by atoms with van der Waals surface area (Å²) in [6, 6.07) is 42.2. The van der Waals surface area contributed by atoms with Crippen molar-refractivity contribution in [1.82, 2.24) is 9.97 Å². The Labute approximate surface area is 227 Å². The van der Waals surface area contributed by atoms with Crippen LogP contribution in [0.2, 0.25) is 0 Å². The molecule has 0 radical (unpaired) electrons. The summed E-state index contributed by atoms with van der Waals surface area (Å²) in [6.45, 7) is 1.34. The highest BCUT2D eigenvalue weighted by Crippen LogP contribution is 2.29. The van der Waals surface area contributed by atoms with E-state index in [0.717, 1.165) is 50.8 Å². The van der Waals surface area contributed by atoms with Crippen LogP contribution in [0.15, 0.2) is 127 Å². The second-order valence-corrected chi connectivity index (χ2v) is 9.30. The molecule has 6 aromatic rings. The van der Waals surface area contributed by atoms with Gasteiger partial charge in [-0.05, 0) is 77.9 Å². The molecule has 0 bridgehead atoms. The molecule has 6 rings (SSSR count). The van der Waals surface area contributed by atoms with Crippen molar-refractivity contribution < 1.29 is 9.47 Å². The van der Waals surface area contributed by atoms with Crippen LogP contribution in [0.3, 0.4) is 0 Å². The van der Waals surface area contributed by atoms with E-state index in [1.54, 1.807) is 0 Å². The van der Waals surface area contributed by atoms with Crippen molar-refractivity contribution in [3.63, 3.8) is 0 Å². The van der Waals surface area contributed by atoms with Gasteiger partial charge in [0.15, 0.2) is 5.95 Å². The minimum Gasteiger partial charge on any atom is -0.457 e. The maximum atomic E-state index is 6.10. The molecule has 0 atom stereocenters. The van der Waals surface area contributed by atoms with Crippen LogP contribution in [0.5, 0.6) is 23.0 Å². The number of fused-ring (bicyclic) bond motifs is 1. The number of H-pyrrole nitrogens is 1. The molecule has 1 heterocycles. The van der Waals surface area contributed by atoms with Crippen LogP contribution in [0.1, 0.15) is 11.1 Å². The summed E-state index contributed by atoms with van der Waals surface area (Å²) < 4.78 is 12.2. The average Bonchev–Trinajstić information content (AvgIpc) is 3.33. The number of aromatic nitrogens is 2. The van der Waals surface area contributed by atoms with Gasteiger partial charge in [-0.25, -0.2) is 4.98 Å². The van der Waals surface area contributed by atoms with E-state index in [1.165, 1.54) is 0 Å². The van der Waals surface area contributed by atoms with Crippen molar-refractivity contribution in [3.05, 3.63) is 139 Å². The van der Waals surface area contributed by atoms with Gasteiger partial charge < -0.3 is 25.1 Å². The molecule has 6 nitrogen and oxygen atoms in total. The zero-order valence-electron chi connectivity index (χ0n) is 21.3. The number of nitrogens with zero attached hydrogens (tertiary/aromatic N) is 2. The van der Waals surface area contributed by atoms with Gasteiger partial charge in [-0.3, -0.25) is 0 Å². The van der Waals surface area contributed by atoms with Crippen LogP contribution in [0.4, 0.5) is 11.6 Å². The maximum absolute atomic E-state index is 6.10. The van der Waals surface area contributed by atoms with Crippen LogP contribution in [-0.4, -0.2) is 9.97 Å². The second kappa shape index (κ2) is 11.0. The highest BCUT2D eigenvalue weighted by atomic mass is 16.5. The first kappa shape index (κ1) is 24.1. The number of para-hydroxylation sites is 2. The molecule has 0 aliphatic carbocycles. The Morgan fingerprint density at radius 2 is 1.13 bits per heavy atom. The topological polar surface area (TPSA) is 76.4 Å². The summed E-state index contributed by atoms with van der Waals surface area (Å²) in [5.41, 5.74) is 11.0. The zero-order chi connectivity index (χ0) is 26.4. The molecule has 0 aliphatic heterocycles. The van der Waals surface area contributed by atoms with E-state index in [1.807, 2.05) is 91.0 Å². The van der Waals surface area contributed by atoms with E-state index in [2.05, 4.69) is 51.3 Å². The normalized spacial score (nSPS) is 10.9. The molecule has 3 N–H and O–H groups in total. The highest BCUT2D eigenvalue weighted by molar-refractivity contribution is 5.81. The van der Waals surface area contributed by atoms with Gasteiger partial charge in [-0.15, -0.1) is 0 Å². The summed E-state index contributed by atoms with van der Waals surface area (Å²) in [4.78, 5) is 9.83. The average molecular weight is 513 g/mol. The third-order valence-corrected chi connectivity index (χ3v) is 6.35. The lowest BCUT2D eigenvalue weighted by molar-refractivity contribution is 0.481. The number of aromatic amines is 1. The monoisotopic (exact) mass is 512 g/mol. The first-order valence-corrected chi connectivity index (χ1v) is 12.8. The molecule has 5 aromatic carbocycles. The van der Waals surface area contributed by atoms with Crippen molar-refractivity contribution in [1.29, 1.82) is 0 Å². The van der Waals surface area contributed by atoms with E-state index >= 15 is 0 Å².